The van der Waals surface area contributed by atoms with Gasteiger partial charge in [0.05, 0.1) is 19.3 Å². The van der Waals surface area contributed by atoms with Crippen LogP contribution in [0, 0.1) is 0 Å². The van der Waals surface area contributed by atoms with Crippen LogP contribution in [0.5, 0.6) is 17.2 Å². The Morgan fingerprint density at radius 3 is 1.87 bits per heavy atom. The van der Waals surface area contributed by atoms with E-state index in [1.807, 2.05) is 0 Å². The molecule has 1 aromatic heterocycles. The molecule has 3 fully saturated rings. The van der Waals surface area contributed by atoms with Crippen LogP contribution < -0.4 is 14.9 Å². The van der Waals surface area contributed by atoms with Crippen molar-refractivity contribution in [3.05, 3.63) is 52.7 Å². The van der Waals surface area contributed by atoms with E-state index in [0.717, 1.165) is 12.1 Å². The van der Waals surface area contributed by atoms with Crippen molar-refractivity contribution in [2.24, 2.45) is 0 Å². The van der Waals surface area contributed by atoms with Gasteiger partial charge >= 0.3 is 0 Å². The molecule has 15 atom stereocenters. The van der Waals surface area contributed by atoms with Gasteiger partial charge in [0.25, 0.3) is 0 Å². The van der Waals surface area contributed by atoms with Gasteiger partial charge in [-0.1, -0.05) is 0 Å². The van der Waals surface area contributed by atoms with Crippen molar-refractivity contribution in [2.75, 3.05) is 13.2 Å². The molecule has 19 heteroatoms. The lowest BCUT2D eigenvalue weighted by molar-refractivity contribution is -0.354. The molecule has 0 spiro atoms. The normalized spacial score (nSPS) is 38.2. The van der Waals surface area contributed by atoms with Crippen LogP contribution in [0.3, 0.4) is 0 Å². The van der Waals surface area contributed by atoms with Crippen molar-refractivity contribution < 1.29 is 89.0 Å². The smallest absolute Gasteiger partial charge is 0.229 e. The van der Waals surface area contributed by atoms with E-state index in [1.54, 1.807) is 0 Å². The predicted octanol–water partition coefficient (Wildman–Crippen LogP) is -3.63. The second kappa shape index (κ2) is 15.5. The predicted molar refractivity (Wildman–Crippen MR) is 170 cm³/mol. The molecular formula is C33H40O19. The summed E-state index contributed by atoms with van der Waals surface area (Å²) in [6.45, 7) is 0.00276. The van der Waals surface area contributed by atoms with E-state index in [9.17, 15) is 61.0 Å². The number of phenols is 1. The van der Waals surface area contributed by atoms with Crippen molar-refractivity contribution in [3.63, 3.8) is 0 Å². The topological polar surface area (TPSA) is 308 Å². The van der Waals surface area contributed by atoms with Gasteiger partial charge in [-0.15, -0.1) is 0 Å². The molecule has 2 aromatic carbocycles. The van der Waals surface area contributed by atoms with Crippen LogP contribution >= 0.6 is 0 Å². The van der Waals surface area contributed by atoms with E-state index in [1.165, 1.54) is 37.3 Å². The highest BCUT2D eigenvalue weighted by Gasteiger charge is 2.51. The average molecular weight is 741 g/mol. The first-order valence-electron chi connectivity index (χ1n) is 16.2. The van der Waals surface area contributed by atoms with Gasteiger partial charge in [0.1, 0.15) is 95.0 Å². The molecule has 0 aliphatic carbocycles. The molecule has 11 N–H and O–H groups in total. The monoisotopic (exact) mass is 740 g/mol. The summed E-state index contributed by atoms with van der Waals surface area (Å²) in [7, 11) is 0. The number of benzene rings is 2. The number of hydrogen-bond donors (Lipinski definition) is 11. The highest BCUT2D eigenvalue weighted by Crippen LogP contribution is 2.35. The number of hydrogen-bond acceptors (Lipinski definition) is 19. The maximum atomic E-state index is 13.1. The van der Waals surface area contributed by atoms with E-state index >= 15 is 0 Å². The van der Waals surface area contributed by atoms with Crippen LogP contribution in [0.4, 0.5) is 0 Å². The van der Waals surface area contributed by atoms with E-state index in [2.05, 4.69) is 0 Å². The van der Waals surface area contributed by atoms with Gasteiger partial charge in [-0.25, -0.2) is 0 Å². The minimum absolute atomic E-state index is 0.0285. The van der Waals surface area contributed by atoms with Crippen LogP contribution in [0.1, 0.15) is 6.92 Å². The Morgan fingerprint density at radius 2 is 1.21 bits per heavy atom. The highest BCUT2D eigenvalue weighted by molar-refractivity contribution is 5.86. The molecule has 3 aliphatic heterocycles. The molecule has 3 saturated heterocycles. The molecule has 0 saturated carbocycles. The molecule has 3 aliphatic rings. The zero-order chi connectivity index (χ0) is 37.6. The quantitative estimate of drug-likeness (QED) is 0.101. The molecule has 286 valence electrons. The molecular weight excluding hydrogens is 700 g/mol. The number of aromatic hydroxyl groups is 1. The fraction of sp³-hybridized carbons (Fsp3) is 0.545. The first-order valence-corrected chi connectivity index (χ1v) is 16.2. The Labute approximate surface area is 293 Å². The largest absolute Gasteiger partial charge is 0.507 e. The Hall–Kier alpha value is -3.51. The summed E-state index contributed by atoms with van der Waals surface area (Å²) in [6.07, 6.45) is -23.2. The van der Waals surface area contributed by atoms with Crippen molar-refractivity contribution in [1.29, 1.82) is 0 Å². The van der Waals surface area contributed by atoms with Crippen molar-refractivity contribution >= 4 is 11.0 Å². The number of fused-ring (bicyclic) bond motifs is 1. The van der Waals surface area contributed by atoms with E-state index in [0.29, 0.717) is 5.56 Å². The fourth-order valence-electron chi connectivity index (χ4n) is 6.16. The summed E-state index contributed by atoms with van der Waals surface area (Å²) >= 11 is 0. The molecule has 4 heterocycles. The molecule has 52 heavy (non-hydrogen) atoms. The molecule has 0 unspecified atom stereocenters. The third-order valence-electron chi connectivity index (χ3n) is 9.20. The molecule has 6 rings (SSSR count). The standard InChI is InChI=1S/C33H40O19/c1-11-22(38)25(41)28(44)31(46-11)52-30-27(43)24(40)20(10-35)51-33(30)48-14-6-15(36)21-16(37)8-17(49-18(21)7-14)12-2-4-13(5-3-12)47-32-29(45)26(42)23(39)19(9-34)50-32/h2-8,11,19-20,22-36,38-45H,9-10H2,1H3/t11-,19-,20-,22-,23-,24-,25-,26-,27+,28-,29-,30-,31-,32-,33-/m0/s1. The first-order chi connectivity index (χ1) is 24.7. The van der Waals surface area contributed by atoms with Gasteiger partial charge in [-0.3, -0.25) is 4.79 Å². The van der Waals surface area contributed by atoms with Crippen LogP contribution in [0.2, 0.25) is 0 Å². The van der Waals surface area contributed by atoms with Crippen LogP contribution in [-0.2, 0) is 18.9 Å². The van der Waals surface area contributed by atoms with E-state index in [-0.39, 0.29) is 28.2 Å². The van der Waals surface area contributed by atoms with Crippen molar-refractivity contribution in [2.45, 2.75) is 99.0 Å². The van der Waals surface area contributed by atoms with Crippen LogP contribution in [0.25, 0.3) is 22.3 Å². The first kappa shape index (κ1) is 38.2. The molecule has 19 nitrogen and oxygen atoms in total. The molecule has 0 bridgehead atoms. The van der Waals surface area contributed by atoms with Gasteiger partial charge in [0, 0.05) is 23.8 Å². The minimum Gasteiger partial charge on any atom is -0.507 e. The van der Waals surface area contributed by atoms with Crippen LogP contribution in [0.15, 0.2) is 51.7 Å². The van der Waals surface area contributed by atoms with Gasteiger partial charge in [-0.05, 0) is 31.2 Å². The second-order valence-corrected chi connectivity index (χ2v) is 12.7. The Bertz CT molecular complexity index is 1730. The third-order valence-corrected chi connectivity index (χ3v) is 9.20. The Kier molecular flexibility index (Phi) is 11.4. The summed E-state index contributed by atoms with van der Waals surface area (Å²) in [5, 5.41) is 112. The lowest BCUT2D eigenvalue weighted by Gasteiger charge is -2.45. The average Bonchev–Trinajstić information content (AvgIpc) is 3.12. The number of aliphatic hydroxyl groups is 10. The van der Waals surface area contributed by atoms with Gasteiger partial charge in [-0.2, -0.15) is 0 Å². The van der Waals surface area contributed by atoms with Gasteiger partial charge in [0.2, 0.25) is 12.6 Å². The summed E-state index contributed by atoms with van der Waals surface area (Å²) < 4.78 is 39.6. The summed E-state index contributed by atoms with van der Waals surface area (Å²) in [5.41, 5.74) is -0.455. The maximum absolute atomic E-state index is 13.1. The highest BCUT2D eigenvalue weighted by atomic mass is 16.8. The maximum Gasteiger partial charge on any atom is 0.229 e. The Morgan fingerprint density at radius 1 is 0.635 bits per heavy atom. The fourth-order valence-corrected chi connectivity index (χ4v) is 6.16. The zero-order valence-electron chi connectivity index (χ0n) is 27.3. The number of rotatable bonds is 9. The second-order valence-electron chi connectivity index (χ2n) is 12.7. The molecule has 0 radical (unpaired) electrons. The van der Waals surface area contributed by atoms with Crippen molar-refractivity contribution in [3.8, 4) is 28.6 Å². The lowest BCUT2D eigenvalue weighted by atomic mass is 9.97. The van der Waals surface area contributed by atoms with E-state index < -0.39 is 117 Å². The minimum atomic E-state index is -1.81. The SMILES string of the molecule is C[C@@H]1O[C@@H](O[C@@H]2[C@@H](Oc3cc(O)c4c(=O)cc(-c5ccc(O[C@H]6O[C@@H](CO)[C@H](O)[C@H](O)[C@@H]6O)cc5)oc4c3)O[C@@H](CO)[C@H](O)[C@H]2O)[C@@H](O)[C@@H](O)[C@H]1O. The molecule has 0 amide bonds. The summed E-state index contributed by atoms with van der Waals surface area (Å²) in [5.74, 6) is -0.587. The molecule has 3 aromatic rings. The van der Waals surface area contributed by atoms with Gasteiger partial charge in [0.15, 0.2) is 17.8 Å². The summed E-state index contributed by atoms with van der Waals surface area (Å²) in [4.78, 5) is 13.1. The number of ether oxygens (including phenoxy) is 6. The number of phenolic OH excluding ortho intramolecular Hbond substituents is 1. The van der Waals surface area contributed by atoms with Crippen molar-refractivity contribution in [1.82, 2.24) is 0 Å². The van der Waals surface area contributed by atoms with Gasteiger partial charge < -0.3 is 89.0 Å². The lowest BCUT2D eigenvalue weighted by Crippen LogP contribution is -2.64. The van der Waals surface area contributed by atoms with Crippen LogP contribution in [-0.4, -0.2) is 162 Å². The Balaban J connectivity index is 1.24. The summed E-state index contributed by atoms with van der Waals surface area (Å²) in [6, 6.07) is 9.23. The number of aliphatic hydroxyl groups excluding tert-OH is 10. The van der Waals surface area contributed by atoms with E-state index in [4.69, 9.17) is 32.8 Å². The zero-order valence-corrected chi connectivity index (χ0v) is 27.3. The third kappa shape index (κ3) is 7.34.